The van der Waals surface area contributed by atoms with Crippen LogP contribution in [0.5, 0.6) is 0 Å². The van der Waals surface area contributed by atoms with Crippen LogP contribution in [0, 0.1) is 13.8 Å². The Morgan fingerprint density at radius 2 is 1.78 bits per heavy atom. The zero-order valence-electron chi connectivity index (χ0n) is 19.3. The van der Waals surface area contributed by atoms with Crippen molar-refractivity contribution in [2.45, 2.75) is 45.8 Å². The van der Waals surface area contributed by atoms with Crippen molar-refractivity contribution in [3.05, 3.63) is 77.1 Å². The second-order valence-corrected chi connectivity index (χ2v) is 8.70. The highest BCUT2D eigenvalue weighted by Crippen LogP contribution is 2.23. The third-order valence-corrected chi connectivity index (χ3v) is 6.35. The maximum Gasteiger partial charge on any atom is 0.317 e. The number of urea groups is 1. The van der Waals surface area contributed by atoms with Crippen molar-refractivity contribution in [1.29, 1.82) is 0 Å². The number of nitrogens with zero attached hydrogens (tertiary/aromatic N) is 3. The van der Waals surface area contributed by atoms with Crippen molar-refractivity contribution in [3.8, 4) is 11.4 Å². The number of H-pyrrole nitrogens is 1. The molecule has 0 atom stereocenters. The van der Waals surface area contributed by atoms with Gasteiger partial charge in [-0.15, -0.1) is 0 Å². The molecule has 1 aromatic heterocycles. The van der Waals surface area contributed by atoms with Gasteiger partial charge in [-0.1, -0.05) is 60.2 Å². The normalized spacial score (nSPS) is 15.0. The Hall–Kier alpha value is -3.12. The molecule has 0 aliphatic carbocycles. The minimum Gasteiger partial charge on any atom is -0.342 e. The van der Waals surface area contributed by atoms with Crippen LogP contribution in [0.4, 0.5) is 4.79 Å². The van der Waals surface area contributed by atoms with Crippen LogP contribution in [0.15, 0.2) is 54.6 Å². The number of aromatic amines is 1. The van der Waals surface area contributed by atoms with Gasteiger partial charge in [0.2, 0.25) is 0 Å². The predicted octanol–water partition coefficient (Wildman–Crippen LogP) is 4.50. The number of imidazole rings is 1. The number of carbonyl (C=O) groups excluding carboxylic acids is 1. The SMILES string of the molecule is CNC(=O)N(Cc1ccccc1)C1CCN(Cc2nc(-c3ccc(C)cc3)[nH]c2C)CC1. The number of carbonyl (C=O) groups is 1. The number of aromatic nitrogens is 2. The van der Waals surface area contributed by atoms with E-state index in [-0.39, 0.29) is 12.1 Å². The van der Waals surface area contributed by atoms with Crippen LogP contribution >= 0.6 is 0 Å². The number of rotatable bonds is 6. The lowest BCUT2D eigenvalue weighted by Crippen LogP contribution is -2.49. The number of amides is 2. The van der Waals surface area contributed by atoms with Crippen molar-refractivity contribution in [2.24, 2.45) is 0 Å². The van der Waals surface area contributed by atoms with Gasteiger partial charge in [0.15, 0.2) is 0 Å². The molecule has 0 saturated carbocycles. The zero-order valence-corrected chi connectivity index (χ0v) is 19.3. The first-order valence-electron chi connectivity index (χ1n) is 11.4. The quantitative estimate of drug-likeness (QED) is 0.604. The van der Waals surface area contributed by atoms with Gasteiger partial charge in [-0.05, 0) is 32.3 Å². The fourth-order valence-corrected chi connectivity index (χ4v) is 4.39. The average Bonchev–Trinajstić information content (AvgIpc) is 3.18. The lowest BCUT2D eigenvalue weighted by atomic mass is 10.0. The van der Waals surface area contributed by atoms with E-state index < -0.39 is 0 Å². The highest BCUT2D eigenvalue weighted by Gasteiger charge is 2.28. The second kappa shape index (κ2) is 10.0. The van der Waals surface area contributed by atoms with Crippen molar-refractivity contribution in [1.82, 2.24) is 25.1 Å². The highest BCUT2D eigenvalue weighted by atomic mass is 16.2. The van der Waals surface area contributed by atoms with Crippen molar-refractivity contribution in [3.63, 3.8) is 0 Å². The van der Waals surface area contributed by atoms with E-state index in [4.69, 9.17) is 4.98 Å². The van der Waals surface area contributed by atoms with E-state index in [1.54, 1.807) is 7.05 Å². The summed E-state index contributed by atoms with van der Waals surface area (Å²) in [5.41, 5.74) is 5.75. The highest BCUT2D eigenvalue weighted by molar-refractivity contribution is 5.74. The monoisotopic (exact) mass is 431 g/mol. The first-order valence-corrected chi connectivity index (χ1v) is 11.4. The smallest absolute Gasteiger partial charge is 0.317 e. The molecule has 32 heavy (non-hydrogen) atoms. The molecule has 6 nitrogen and oxygen atoms in total. The molecule has 168 valence electrons. The van der Waals surface area contributed by atoms with Gasteiger partial charge in [0, 0.05) is 50.5 Å². The van der Waals surface area contributed by atoms with Gasteiger partial charge < -0.3 is 15.2 Å². The zero-order chi connectivity index (χ0) is 22.5. The largest absolute Gasteiger partial charge is 0.342 e. The van der Waals surface area contributed by atoms with Crippen LogP contribution in [0.2, 0.25) is 0 Å². The molecule has 3 aromatic rings. The van der Waals surface area contributed by atoms with E-state index in [2.05, 4.69) is 65.4 Å². The molecule has 2 N–H and O–H groups in total. The van der Waals surface area contributed by atoms with E-state index in [0.29, 0.717) is 6.54 Å². The number of hydrogen-bond acceptors (Lipinski definition) is 3. The average molecular weight is 432 g/mol. The first-order chi connectivity index (χ1) is 15.5. The van der Waals surface area contributed by atoms with Crippen LogP contribution in [-0.2, 0) is 13.1 Å². The van der Waals surface area contributed by atoms with Crippen LogP contribution in [0.3, 0.4) is 0 Å². The Balaban J connectivity index is 1.38. The van der Waals surface area contributed by atoms with Gasteiger partial charge in [0.1, 0.15) is 5.82 Å². The van der Waals surface area contributed by atoms with Gasteiger partial charge in [-0.3, -0.25) is 4.90 Å². The minimum absolute atomic E-state index is 0.00168. The Labute approximate surface area is 190 Å². The summed E-state index contributed by atoms with van der Waals surface area (Å²) in [6.07, 6.45) is 1.93. The number of piperidine rings is 1. The third-order valence-electron chi connectivity index (χ3n) is 6.35. The number of aryl methyl sites for hydroxylation is 2. The predicted molar refractivity (Wildman–Crippen MR) is 128 cm³/mol. The number of hydrogen-bond donors (Lipinski definition) is 2. The van der Waals surface area contributed by atoms with Crippen molar-refractivity contribution >= 4 is 6.03 Å². The summed E-state index contributed by atoms with van der Waals surface area (Å²) in [6.45, 7) is 7.58. The third kappa shape index (κ3) is 5.19. The lowest BCUT2D eigenvalue weighted by molar-refractivity contribution is 0.113. The molecule has 2 heterocycles. The van der Waals surface area contributed by atoms with E-state index in [1.165, 1.54) is 5.56 Å². The molecule has 0 spiro atoms. The topological polar surface area (TPSA) is 64.3 Å². The van der Waals surface area contributed by atoms with Gasteiger partial charge in [0.25, 0.3) is 0 Å². The molecule has 1 fully saturated rings. The van der Waals surface area contributed by atoms with Crippen LogP contribution in [0.25, 0.3) is 11.4 Å². The first kappa shape index (κ1) is 22.1. The standard InChI is InChI=1S/C26H33N5O/c1-19-9-11-22(12-10-19)25-28-20(2)24(29-25)18-30-15-13-23(14-16-30)31(26(32)27-3)17-21-7-5-4-6-8-21/h4-12,23H,13-18H2,1-3H3,(H,27,32)(H,28,29). The molecule has 0 bridgehead atoms. The fraction of sp³-hybridized carbons (Fsp3) is 0.385. The van der Waals surface area contributed by atoms with Crippen LogP contribution in [-0.4, -0.2) is 52.0 Å². The van der Waals surface area contributed by atoms with Gasteiger partial charge in [0.05, 0.1) is 5.69 Å². The van der Waals surface area contributed by atoms with Gasteiger partial charge in [-0.2, -0.15) is 0 Å². The molecule has 1 saturated heterocycles. The Morgan fingerprint density at radius 1 is 1.09 bits per heavy atom. The summed E-state index contributed by atoms with van der Waals surface area (Å²) in [5.74, 6) is 0.932. The van der Waals surface area contributed by atoms with Gasteiger partial charge in [-0.25, -0.2) is 9.78 Å². The van der Waals surface area contributed by atoms with Crippen molar-refractivity contribution < 1.29 is 4.79 Å². The van der Waals surface area contributed by atoms with Crippen LogP contribution < -0.4 is 5.32 Å². The molecule has 2 aromatic carbocycles. The molecule has 4 rings (SSSR count). The maximum atomic E-state index is 12.6. The summed E-state index contributed by atoms with van der Waals surface area (Å²) in [4.78, 5) is 25.3. The number of nitrogens with one attached hydrogen (secondary N) is 2. The maximum absolute atomic E-state index is 12.6. The summed E-state index contributed by atoms with van der Waals surface area (Å²) < 4.78 is 0. The Morgan fingerprint density at radius 3 is 2.44 bits per heavy atom. The molecular formula is C26H33N5O. The Bertz CT molecular complexity index is 1020. The van der Waals surface area contributed by atoms with Crippen LogP contribution in [0.1, 0.15) is 35.4 Å². The number of benzene rings is 2. The summed E-state index contributed by atoms with van der Waals surface area (Å²) >= 11 is 0. The molecule has 1 aliphatic heterocycles. The van der Waals surface area contributed by atoms with Crippen molar-refractivity contribution in [2.75, 3.05) is 20.1 Å². The van der Waals surface area contributed by atoms with E-state index in [9.17, 15) is 4.79 Å². The molecule has 0 radical (unpaired) electrons. The summed E-state index contributed by atoms with van der Waals surface area (Å²) in [7, 11) is 1.71. The van der Waals surface area contributed by atoms with Gasteiger partial charge >= 0.3 is 6.03 Å². The minimum atomic E-state index is -0.00168. The van der Waals surface area contributed by atoms with E-state index >= 15 is 0 Å². The lowest BCUT2D eigenvalue weighted by Gasteiger charge is -2.38. The van der Waals surface area contributed by atoms with E-state index in [0.717, 1.165) is 60.8 Å². The molecule has 6 heteroatoms. The molecule has 2 amide bonds. The Kier molecular flexibility index (Phi) is 6.90. The summed E-state index contributed by atoms with van der Waals surface area (Å²) in [6, 6.07) is 18.9. The van der Waals surface area contributed by atoms with E-state index in [1.807, 2.05) is 23.1 Å². The molecular weight excluding hydrogens is 398 g/mol. The fourth-order valence-electron chi connectivity index (χ4n) is 4.39. The molecule has 1 aliphatic rings. The number of likely N-dealkylation sites (tertiary alicyclic amines) is 1. The molecule has 0 unspecified atom stereocenters. The second-order valence-electron chi connectivity index (χ2n) is 8.70. The summed E-state index contributed by atoms with van der Waals surface area (Å²) in [5, 5.41) is 2.82.